The maximum absolute atomic E-state index is 12.6. The van der Waals surface area contributed by atoms with Crippen LogP contribution in [0.2, 0.25) is 0 Å². The van der Waals surface area contributed by atoms with E-state index in [0.29, 0.717) is 11.9 Å². The van der Waals surface area contributed by atoms with Gasteiger partial charge < -0.3 is 20.4 Å². The van der Waals surface area contributed by atoms with Crippen molar-refractivity contribution in [2.24, 2.45) is 5.92 Å². The van der Waals surface area contributed by atoms with E-state index in [1.807, 2.05) is 28.7 Å². The van der Waals surface area contributed by atoms with Gasteiger partial charge in [0.25, 0.3) is 0 Å². The Hall–Kier alpha value is -2.19. The van der Waals surface area contributed by atoms with Crippen LogP contribution < -0.4 is 15.5 Å². The molecule has 0 spiro atoms. The summed E-state index contributed by atoms with van der Waals surface area (Å²) < 4.78 is 1.95. The van der Waals surface area contributed by atoms with Crippen molar-refractivity contribution in [3.05, 3.63) is 23.5 Å². The second-order valence-corrected chi connectivity index (χ2v) is 7.54. The van der Waals surface area contributed by atoms with Crippen LogP contribution in [0.3, 0.4) is 0 Å². The van der Waals surface area contributed by atoms with Crippen LogP contribution in [0.25, 0.3) is 5.65 Å². The third-order valence-electron chi connectivity index (χ3n) is 5.91. The Labute approximate surface area is 152 Å². The highest BCUT2D eigenvalue weighted by Gasteiger charge is 2.41. The number of rotatable bonds is 3. The number of nitrogens with zero attached hydrogens (tertiary/aromatic N) is 5. The van der Waals surface area contributed by atoms with Crippen LogP contribution in [0.15, 0.2) is 12.3 Å². The van der Waals surface area contributed by atoms with Gasteiger partial charge >= 0.3 is 0 Å². The number of carbonyl (C=O) groups excluding carboxylic acids is 1. The molecular formula is C18H25N7O. The Morgan fingerprint density at radius 2 is 2.04 bits per heavy atom. The van der Waals surface area contributed by atoms with Gasteiger partial charge in [-0.1, -0.05) is 0 Å². The molecule has 3 aliphatic heterocycles. The SMILES string of the molecule is CNC1CN(C(=O)C2CN(c3c4c(nc5ccnn35)CCNCC4)C2)C1. The van der Waals surface area contributed by atoms with Crippen LogP contribution in [0.5, 0.6) is 0 Å². The Morgan fingerprint density at radius 1 is 1.23 bits per heavy atom. The summed E-state index contributed by atoms with van der Waals surface area (Å²) in [7, 11) is 1.96. The average Bonchev–Trinajstić information content (AvgIpc) is 2.89. The molecule has 0 atom stereocenters. The molecule has 0 aliphatic carbocycles. The lowest BCUT2D eigenvalue weighted by Gasteiger charge is -2.46. The highest BCUT2D eigenvalue weighted by atomic mass is 16.2. The molecule has 2 aromatic heterocycles. The van der Waals surface area contributed by atoms with Gasteiger partial charge in [-0.05, 0) is 20.0 Å². The largest absolute Gasteiger partial charge is 0.354 e. The number of aromatic nitrogens is 3. The van der Waals surface area contributed by atoms with Crippen molar-refractivity contribution >= 4 is 17.4 Å². The van der Waals surface area contributed by atoms with Gasteiger partial charge in [0.2, 0.25) is 5.91 Å². The summed E-state index contributed by atoms with van der Waals surface area (Å²) in [5, 5.41) is 11.2. The first-order valence-corrected chi connectivity index (χ1v) is 9.52. The summed E-state index contributed by atoms with van der Waals surface area (Å²) >= 11 is 0. The number of fused-ring (bicyclic) bond motifs is 2. The molecule has 1 amide bonds. The predicted octanol–water partition coefficient (Wildman–Crippen LogP) is -0.716. The molecule has 138 valence electrons. The van der Waals surface area contributed by atoms with E-state index in [2.05, 4.69) is 20.6 Å². The predicted molar refractivity (Wildman–Crippen MR) is 98.4 cm³/mol. The normalized spacial score (nSPS) is 21.3. The highest BCUT2D eigenvalue weighted by Crippen LogP contribution is 2.32. The number of amides is 1. The van der Waals surface area contributed by atoms with Crippen LogP contribution in [0.1, 0.15) is 11.3 Å². The smallest absolute Gasteiger partial charge is 0.229 e. The minimum Gasteiger partial charge on any atom is -0.354 e. The van der Waals surface area contributed by atoms with E-state index in [-0.39, 0.29) is 5.92 Å². The Morgan fingerprint density at radius 3 is 2.85 bits per heavy atom. The summed E-state index contributed by atoms with van der Waals surface area (Å²) in [5.74, 6) is 1.54. The first kappa shape index (κ1) is 16.0. The van der Waals surface area contributed by atoms with Gasteiger partial charge in [0, 0.05) is 56.8 Å². The van der Waals surface area contributed by atoms with Gasteiger partial charge in [0.05, 0.1) is 17.8 Å². The van der Waals surface area contributed by atoms with E-state index in [0.717, 1.165) is 63.6 Å². The van der Waals surface area contributed by atoms with E-state index < -0.39 is 0 Å². The van der Waals surface area contributed by atoms with Crippen molar-refractivity contribution in [3.8, 4) is 0 Å². The summed E-state index contributed by atoms with van der Waals surface area (Å²) in [6.07, 6.45) is 3.71. The summed E-state index contributed by atoms with van der Waals surface area (Å²) in [4.78, 5) is 21.7. The number of hydrogen-bond acceptors (Lipinski definition) is 6. The molecule has 0 saturated carbocycles. The van der Waals surface area contributed by atoms with E-state index >= 15 is 0 Å². The van der Waals surface area contributed by atoms with Gasteiger partial charge in [0.1, 0.15) is 5.82 Å². The lowest BCUT2D eigenvalue weighted by molar-refractivity contribution is -0.141. The molecule has 26 heavy (non-hydrogen) atoms. The maximum atomic E-state index is 12.6. The molecule has 5 heterocycles. The zero-order valence-corrected chi connectivity index (χ0v) is 15.1. The molecule has 2 saturated heterocycles. The zero-order chi connectivity index (χ0) is 17.7. The van der Waals surface area contributed by atoms with Crippen LogP contribution >= 0.6 is 0 Å². The molecule has 8 nitrogen and oxygen atoms in total. The second-order valence-electron chi connectivity index (χ2n) is 7.54. The zero-order valence-electron chi connectivity index (χ0n) is 15.1. The number of likely N-dealkylation sites (N-methyl/N-ethyl adjacent to an activating group) is 1. The molecule has 0 aromatic carbocycles. The lowest BCUT2D eigenvalue weighted by Crippen LogP contribution is -2.64. The molecule has 0 unspecified atom stereocenters. The molecule has 2 N–H and O–H groups in total. The fourth-order valence-electron chi connectivity index (χ4n) is 4.25. The number of hydrogen-bond donors (Lipinski definition) is 2. The van der Waals surface area contributed by atoms with E-state index in [9.17, 15) is 4.79 Å². The average molecular weight is 355 g/mol. The first-order chi connectivity index (χ1) is 12.7. The fraction of sp³-hybridized carbons (Fsp3) is 0.611. The van der Waals surface area contributed by atoms with Crippen LogP contribution in [0, 0.1) is 5.92 Å². The van der Waals surface area contributed by atoms with Crippen LogP contribution in [0.4, 0.5) is 5.82 Å². The van der Waals surface area contributed by atoms with Crippen molar-refractivity contribution in [1.82, 2.24) is 30.1 Å². The van der Waals surface area contributed by atoms with E-state index in [1.54, 1.807) is 0 Å². The van der Waals surface area contributed by atoms with Gasteiger partial charge in [0.15, 0.2) is 5.65 Å². The fourth-order valence-corrected chi connectivity index (χ4v) is 4.25. The topological polar surface area (TPSA) is 77.8 Å². The van der Waals surface area contributed by atoms with Gasteiger partial charge in [-0.3, -0.25) is 4.79 Å². The summed E-state index contributed by atoms with van der Waals surface area (Å²) in [5.41, 5.74) is 3.36. The first-order valence-electron chi connectivity index (χ1n) is 9.52. The highest BCUT2D eigenvalue weighted by molar-refractivity contribution is 5.83. The molecule has 0 bridgehead atoms. The minimum absolute atomic E-state index is 0.103. The number of anilines is 1. The van der Waals surface area contributed by atoms with Gasteiger partial charge in [-0.15, -0.1) is 0 Å². The number of likely N-dealkylation sites (tertiary alicyclic amines) is 1. The Kier molecular flexibility index (Phi) is 3.82. The molecule has 8 heteroatoms. The monoisotopic (exact) mass is 355 g/mol. The van der Waals surface area contributed by atoms with Crippen LogP contribution in [-0.4, -0.2) is 77.8 Å². The third kappa shape index (κ3) is 2.47. The van der Waals surface area contributed by atoms with Crippen molar-refractivity contribution in [2.75, 3.05) is 51.2 Å². The lowest BCUT2D eigenvalue weighted by atomic mass is 9.94. The Balaban J connectivity index is 1.38. The molecule has 3 aliphatic rings. The molecule has 5 rings (SSSR count). The van der Waals surface area contributed by atoms with Crippen molar-refractivity contribution in [2.45, 2.75) is 18.9 Å². The third-order valence-corrected chi connectivity index (χ3v) is 5.91. The van der Waals surface area contributed by atoms with Gasteiger partial charge in [-0.25, -0.2) is 4.98 Å². The van der Waals surface area contributed by atoms with Crippen molar-refractivity contribution < 1.29 is 4.79 Å². The summed E-state index contributed by atoms with van der Waals surface area (Å²) in [6, 6.07) is 2.42. The molecule has 2 aromatic rings. The summed E-state index contributed by atoms with van der Waals surface area (Å²) in [6.45, 7) is 5.16. The van der Waals surface area contributed by atoms with Crippen LogP contribution in [-0.2, 0) is 17.6 Å². The Bertz CT molecular complexity index is 835. The van der Waals surface area contributed by atoms with Crippen molar-refractivity contribution in [3.63, 3.8) is 0 Å². The number of carbonyl (C=O) groups is 1. The quantitative estimate of drug-likeness (QED) is 0.757. The van der Waals surface area contributed by atoms with Crippen molar-refractivity contribution in [1.29, 1.82) is 0 Å². The number of nitrogens with one attached hydrogen (secondary N) is 2. The maximum Gasteiger partial charge on any atom is 0.229 e. The molecule has 2 fully saturated rings. The second kappa shape index (κ2) is 6.21. The minimum atomic E-state index is 0.103. The van der Waals surface area contributed by atoms with E-state index in [1.165, 1.54) is 11.3 Å². The molecular weight excluding hydrogens is 330 g/mol. The standard InChI is InChI=1S/C18H25N7O/c1-19-13-10-24(11-13)18(26)12-8-23(9-12)17-14-2-5-20-6-3-15(14)22-16-4-7-21-25(16)17/h4,7,12-13,19-20H,2-3,5-6,8-11H2,1H3. The molecule has 0 radical (unpaired) electrons. The van der Waals surface area contributed by atoms with E-state index in [4.69, 9.17) is 4.98 Å². The van der Waals surface area contributed by atoms with Gasteiger partial charge in [-0.2, -0.15) is 9.61 Å².